The van der Waals surface area contributed by atoms with Crippen LogP contribution in [0.3, 0.4) is 0 Å². The second kappa shape index (κ2) is 10.7. The highest BCUT2D eigenvalue weighted by molar-refractivity contribution is 7.98. The fourth-order valence-electron chi connectivity index (χ4n) is 3.31. The largest absolute Gasteiger partial charge is 0.370 e. The standard InChI is InChI=1S/C22H25ClN2O3S/c1-29-14-11-19(24-21(26)17-9-5-6-10-18(17)23)22(27)25-12-13-28-20(15-25)16-7-3-2-4-8-16/h2-10,19-20H,11-15H2,1H3,(H,24,26)/t19-,20+/m0/s1. The Morgan fingerprint density at radius 1 is 1.21 bits per heavy atom. The van der Waals surface area contributed by atoms with Crippen molar-refractivity contribution in [3.8, 4) is 0 Å². The van der Waals surface area contributed by atoms with Crippen molar-refractivity contribution in [1.29, 1.82) is 0 Å². The second-order valence-corrected chi connectivity index (χ2v) is 8.23. The molecule has 2 aromatic carbocycles. The molecule has 2 aromatic rings. The molecule has 0 saturated carbocycles. The quantitative estimate of drug-likeness (QED) is 0.723. The maximum Gasteiger partial charge on any atom is 0.253 e. The number of morpholine rings is 1. The van der Waals surface area contributed by atoms with Crippen LogP contribution in [-0.2, 0) is 9.53 Å². The lowest BCUT2D eigenvalue weighted by Gasteiger charge is -2.35. The van der Waals surface area contributed by atoms with Crippen LogP contribution in [0.5, 0.6) is 0 Å². The van der Waals surface area contributed by atoms with E-state index in [9.17, 15) is 9.59 Å². The summed E-state index contributed by atoms with van der Waals surface area (Å²) < 4.78 is 5.87. The van der Waals surface area contributed by atoms with Gasteiger partial charge in [0, 0.05) is 6.54 Å². The molecule has 2 atom stereocenters. The van der Waals surface area contributed by atoms with E-state index in [-0.39, 0.29) is 17.9 Å². The van der Waals surface area contributed by atoms with Crippen molar-refractivity contribution in [2.45, 2.75) is 18.6 Å². The zero-order chi connectivity index (χ0) is 20.6. The minimum atomic E-state index is -0.597. The van der Waals surface area contributed by atoms with Crippen molar-refractivity contribution in [2.75, 3.05) is 31.7 Å². The van der Waals surface area contributed by atoms with Crippen LogP contribution in [0.4, 0.5) is 0 Å². The molecule has 1 N–H and O–H groups in total. The third kappa shape index (κ3) is 5.75. The fourth-order valence-corrected chi connectivity index (χ4v) is 4.01. The number of halogens is 1. The molecule has 0 aliphatic carbocycles. The fraction of sp³-hybridized carbons (Fsp3) is 0.364. The van der Waals surface area contributed by atoms with Crippen LogP contribution in [0, 0.1) is 0 Å². The summed E-state index contributed by atoms with van der Waals surface area (Å²) in [4.78, 5) is 27.8. The lowest BCUT2D eigenvalue weighted by molar-refractivity contribution is -0.141. The van der Waals surface area contributed by atoms with Gasteiger partial charge in [0.05, 0.1) is 23.7 Å². The molecule has 1 heterocycles. The summed E-state index contributed by atoms with van der Waals surface area (Å²) >= 11 is 7.79. The number of rotatable bonds is 7. The van der Waals surface area contributed by atoms with E-state index in [4.69, 9.17) is 16.3 Å². The summed E-state index contributed by atoms with van der Waals surface area (Å²) in [5.41, 5.74) is 1.42. The molecule has 154 valence electrons. The molecular weight excluding hydrogens is 408 g/mol. The molecule has 1 saturated heterocycles. The highest BCUT2D eigenvalue weighted by Gasteiger charge is 2.31. The van der Waals surface area contributed by atoms with E-state index in [1.807, 2.05) is 36.6 Å². The number of amides is 2. The molecule has 0 spiro atoms. The van der Waals surface area contributed by atoms with Gasteiger partial charge in [0.15, 0.2) is 0 Å². The van der Waals surface area contributed by atoms with Gasteiger partial charge in [0.25, 0.3) is 5.91 Å². The van der Waals surface area contributed by atoms with E-state index >= 15 is 0 Å². The lowest BCUT2D eigenvalue weighted by atomic mass is 10.1. The molecular formula is C22H25ClN2O3S. The first-order valence-electron chi connectivity index (χ1n) is 9.60. The Morgan fingerprint density at radius 3 is 2.66 bits per heavy atom. The first-order chi connectivity index (χ1) is 14.1. The van der Waals surface area contributed by atoms with E-state index in [1.54, 1.807) is 40.9 Å². The van der Waals surface area contributed by atoms with Gasteiger partial charge in [-0.3, -0.25) is 9.59 Å². The summed E-state index contributed by atoms with van der Waals surface area (Å²) in [6, 6.07) is 16.1. The first-order valence-corrected chi connectivity index (χ1v) is 11.4. The van der Waals surface area contributed by atoms with Gasteiger partial charge in [-0.1, -0.05) is 54.1 Å². The summed E-state index contributed by atoms with van der Waals surface area (Å²) in [7, 11) is 0. The predicted octanol–water partition coefficient (Wildman–Crippen LogP) is 3.79. The summed E-state index contributed by atoms with van der Waals surface area (Å²) in [5, 5.41) is 3.26. The van der Waals surface area contributed by atoms with Gasteiger partial charge in [-0.05, 0) is 36.1 Å². The number of benzene rings is 2. The van der Waals surface area contributed by atoms with Gasteiger partial charge >= 0.3 is 0 Å². The maximum absolute atomic E-state index is 13.2. The van der Waals surface area contributed by atoms with E-state index in [1.165, 1.54) is 0 Å². The number of thioether (sulfide) groups is 1. The van der Waals surface area contributed by atoms with Crippen molar-refractivity contribution in [3.05, 3.63) is 70.7 Å². The highest BCUT2D eigenvalue weighted by Crippen LogP contribution is 2.23. The number of carbonyl (C=O) groups excluding carboxylic acids is 2. The Morgan fingerprint density at radius 2 is 1.93 bits per heavy atom. The number of hydrogen-bond donors (Lipinski definition) is 1. The summed E-state index contributed by atoms with van der Waals surface area (Å²) in [6.07, 6.45) is 2.38. The van der Waals surface area contributed by atoms with Crippen LogP contribution < -0.4 is 5.32 Å². The van der Waals surface area contributed by atoms with E-state index in [0.717, 1.165) is 11.3 Å². The molecule has 0 radical (unpaired) electrons. The van der Waals surface area contributed by atoms with Crippen LogP contribution >= 0.6 is 23.4 Å². The topological polar surface area (TPSA) is 58.6 Å². The predicted molar refractivity (Wildman–Crippen MR) is 117 cm³/mol. The second-order valence-electron chi connectivity index (χ2n) is 6.84. The monoisotopic (exact) mass is 432 g/mol. The minimum absolute atomic E-state index is 0.0799. The van der Waals surface area contributed by atoms with Gasteiger partial charge in [-0.15, -0.1) is 0 Å². The molecule has 5 nitrogen and oxygen atoms in total. The molecule has 0 aromatic heterocycles. The van der Waals surface area contributed by atoms with Crippen molar-refractivity contribution in [1.82, 2.24) is 10.2 Å². The Balaban J connectivity index is 1.71. The van der Waals surface area contributed by atoms with E-state index < -0.39 is 6.04 Å². The average molecular weight is 433 g/mol. The zero-order valence-corrected chi connectivity index (χ0v) is 17.9. The van der Waals surface area contributed by atoms with Gasteiger partial charge in [0.2, 0.25) is 5.91 Å². The van der Waals surface area contributed by atoms with Gasteiger partial charge < -0.3 is 15.0 Å². The van der Waals surface area contributed by atoms with Crippen molar-refractivity contribution in [2.24, 2.45) is 0 Å². The molecule has 29 heavy (non-hydrogen) atoms. The van der Waals surface area contributed by atoms with Gasteiger partial charge in [-0.2, -0.15) is 11.8 Å². The third-order valence-corrected chi connectivity index (χ3v) is 5.86. The smallest absolute Gasteiger partial charge is 0.253 e. The van der Waals surface area contributed by atoms with Gasteiger partial charge in [-0.25, -0.2) is 0 Å². The normalized spacial score (nSPS) is 17.6. The van der Waals surface area contributed by atoms with E-state index in [0.29, 0.717) is 36.7 Å². The van der Waals surface area contributed by atoms with Gasteiger partial charge in [0.1, 0.15) is 12.1 Å². The van der Waals surface area contributed by atoms with Crippen molar-refractivity contribution in [3.63, 3.8) is 0 Å². The summed E-state index contributed by atoms with van der Waals surface area (Å²) in [5.74, 6) is 0.359. The molecule has 0 unspecified atom stereocenters. The Kier molecular flexibility index (Phi) is 7.98. The first kappa shape index (κ1) is 21.7. The Labute approximate surface area is 180 Å². The molecule has 2 amide bonds. The van der Waals surface area contributed by atoms with Crippen LogP contribution in [0.15, 0.2) is 54.6 Å². The molecule has 7 heteroatoms. The minimum Gasteiger partial charge on any atom is -0.370 e. The lowest BCUT2D eigenvalue weighted by Crippen LogP contribution is -2.52. The number of ether oxygens (including phenoxy) is 1. The van der Waals surface area contributed by atoms with Crippen LogP contribution in [0.1, 0.15) is 28.4 Å². The number of hydrogen-bond acceptors (Lipinski definition) is 4. The highest BCUT2D eigenvalue weighted by atomic mass is 35.5. The molecule has 3 rings (SSSR count). The SMILES string of the molecule is CSCC[C@H](NC(=O)c1ccccc1Cl)C(=O)N1CCO[C@@H](c2ccccc2)C1. The van der Waals surface area contributed by atoms with E-state index in [2.05, 4.69) is 5.32 Å². The van der Waals surface area contributed by atoms with Crippen molar-refractivity contribution < 1.29 is 14.3 Å². The molecule has 1 aliphatic rings. The summed E-state index contributed by atoms with van der Waals surface area (Å²) in [6.45, 7) is 1.46. The zero-order valence-electron chi connectivity index (χ0n) is 16.3. The Hall–Kier alpha value is -2.02. The van der Waals surface area contributed by atoms with Crippen LogP contribution in [0.25, 0.3) is 0 Å². The third-order valence-electron chi connectivity index (χ3n) is 4.88. The van der Waals surface area contributed by atoms with Crippen LogP contribution in [0.2, 0.25) is 5.02 Å². The molecule has 1 fully saturated rings. The van der Waals surface area contributed by atoms with Crippen molar-refractivity contribution >= 4 is 35.2 Å². The number of nitrogens with zero attached hydrogens (tertiary/aromatic N) is 1. The van der Waals surface area contributed by atoms with Crippen LogP contribution in [-0.4, -0.2) is 54.5 Å². The molecule has 0 bridgehead atoms. The maximum atomic E-state index is 13.2. The Bertz CT molecular complexity index is 834. The average Bonchev–Trinajstić information content (AvgIpc) is 2.77. The molecule has 1 aliphatic heterocycles. The number of carbonyl (C=O) groups is 2. The number of nitrogens with one attached hydrogen (secondary N) is 1.